The molecule has 10 aromatic rings. The maximum atomic E-state index is 9.54. The fourth-order valence-electron chi connectivity index (χ4n) is 6.41. The Morgan fingerprint density at radius 2 is 1.00 bits per heavy atom. The molecule has 0 N–H and O–H groups in total. The van der Waals surface area contributed by atoms with Crippen LogP contribution in [0, 0.1) is 0 Å². The van der Waals surface area contributed by atoms with Crippen molar-refractivity contribution in [3.63, 3.8) is 0 Å². The van der Waals surface area contributed by atoms with Crippen molar-refractivity contribution in [1.29, 1.82) is 0 Å². The Morgan fingerprint density at radius 3 is 1.76 bits per heavy atom. The van der Waals surface area contributed by atoms with Gasteiger partial charge in [-0.15, -0.1) is 0 Å². The van der Waals surface area contributed by atoms with Gasteiger partial charge in [-0.05, 0) is 67.7 Å². The smallest absolute Gasteiger partial charge is 0.178 e. The molecule has 0 saturated carbocycles. The van der Waals surface area contributed by atoms with Crippen molar-refractivity contribution in [1.82, 2.24) is 0 Å². The van der Waals surface area contributed by atoms with Gasteiger partial charge in [0.15, 0.2) is 11.2 Å². The highest BCUT2D eigenvalue weighted by Crippen LogP contribution is 2.51. The third-order valence-corrected chi connectivity index (χ3v) is 8.36. The van der Waals surface area contributed by atoms with Gasteiger partial charge in [0.2, 0.25) is 0 Å². The molecular weight excluding hydrogens is 560 g/mol. The lowest BCUT2D eigenvalue weighted by Gasteiger charge is -2.18. The fraction of sp³-hybridized carbons (Fsp3) is 0. The largest absolute Gasteiger partial charge is 0.452 e. The van der Waals surface area contributed by atoms with Gasteiger partial charge >= 0.3 is 0 Å². The number of rotatable bonds is 3. The zero-order valence-corrected chi connectivity index (χ0v) is 23.7. The molecule has 0 amide bonds. The number of para-hydroxylation sites is 1. The third kappa shape index (κ3) is 3.59. The van der Waals surface area contributed by atoms with E-state index in [9.17, 15) is 8.22 Å². The maximum Gasteiger partial charge on any atom is 0.178 e. The van der Waals surface area contributed by atoms with Crippen LogP contribution in [0.15, 0.2) is 166 Å². The topological polar surface area (TPSA) is 26.3 Å². The number of hydrogen-bond donors (Lipinski definition) is 0. The molecule has 2 heterocycles. The third-order valence-electron chi connectivity index (χ3n) is 8.36. The summed E-state index contributed by atoms with van der Waals surface area (Å²) in [6, 6.07) is 9.36. The van der Waals surface area contributed by atoms with Crippen molar-refractivity contribution < 1.29 is 29.4 Å². The summed E-state index contributed by atoms with van der Waals surface area (Å²) >= 11 is 0. The van der Waals surface area contributed by atoms with E-state index in [1.165, 1.54) is 0 Å². The van der Waals surface area contributed by atoms with E-state index in [2.05, 4.69) is 0 Å². The van der Waals surface area contributed by atoms with Gasteiger partial charge < -0.3 is 8.83 Å². The molecule has 0 aliphatic heterocycles. The quantitative estimate of drug-likeness (QED) is 0.188. The highest BCUT2D eigenvalue weighted by Gasteiger charge is 2.26. The Hall–Kier alpha value is -6.12. The van der Waals surface area contributed by atoms with Gasteiger partial charge in [-0.1, -0.05) is 133 Å². The first-order valence-corrected chi connectivity index (χ1v) is 14.5. The van der Waals surface area contributed by atoms with Gasteiger partial charge in [-0.25, -0.2) is 0 Å². The minimum absolute atomic E-state index is 0.0623. The van der Waals surface area contributed by atoms with Crippen LogP contribution in [0.1, 0.15) is 20.6 Å². The molecule has 0 radical (unpaired) electrons. The molecular formula is C44H26O2. The van der Waals surface area contributed by atoms with Crippen LogP contribution in [0.3, 0.4) is 0 Å². The molecule has 214 valence electrons. The molecule has 2 aromatic heterocycles. The Kier molecular flexibility index (Phi) is 3.11. The monoisotopic (exact) mass is 601 g/mol. The van der Waals surface area contributed by atoms with Crippen molar-refractivity contribution >= 4 is 65.2 Å². The van der Waals surface area contributed by atoms with Crippen LogP contribution in [0.25, 0.3) is 98.8 Å². The van der Waals surface area contributed by atoms with Crippen molar-refractivity contribution in [2.24, 2.45) is 0 Å². The van der Waals surface area contributed by atoms with E-state index in [4.69, 9.17) is 21.2 Å². The molecule has 8 aromatic carbocycles. The van der Waals surface area contributed by atoms with E-state index in [-0.39, 0.29) is 44.0 Å². The van der Waals surface area contributed by atoms with Crippen LogP contribution < -0.4 is 0 Å². The summed E-state index contributed by atoms with van der Waals surface area (Å²) in [6.07, 6.45) is 0. The molecule has 0 aliphatic rings. The first-order chi connectivity index (χ1) is 29.1. The van der Waals surface area contributed by atoms with E-state index < -0.39 is 113 Å². The first kappa shape index (κ1) is 14.8. The molecule has 0 spiro atoms. The van der Waals surface area contributed by atoms with Crippen molar-refractivity contribution in [3.8, 4) is 33.6 Å². The van der Waals surface area contributed by atoms with E-state index in [1.807, 2.05) is 24.3 Å². The molecule has 10 rings (SSSR count). The number of fused-ring (bicyclic) bond motifs is 8. The second-order valence-electron chi connectivity index (χ2n) is 10.8. The fourth-order valence-corrected chi connectivity index (χ4v) is 6.41. The second kappa shape index (κ2) is 9.69. The van der Waals surface area contributed by atoms with E-state index in [1.54, 1.807) is 42.5 Å². The van der Waals surface area contributed by atoms with Gasteiger partial charge in [0, 0.05) is 32.8 Å². The van der Waals surface area contributed by atoms with Crippen molar-refractivity contribution in [3.05, 3.63) is 157 Å². The van der Waals surface area contributed by atoms with E-state index in [0.717, 1.165) is 5.39 Å². The van der Waals surface area contributed by atoms with Crippen molar-refractivity contribution in [2.45, 2.75) is 0 Å². The number of benzene rings is 8. The minimum atomic E-state index is -0.760. The number of furan rings is 2. The van der Waals surface area contributed by atoms with Crippen LogP contribution in [-0.4, -0.2) is 0 Å². The van der Waals surface area contributed by atoms with Crippen LogP contribution in [0.4, 0.5) is 0 Å². The zero-order chi connectivity index (χ0) is 43.2. The summed E-state index contributed by atoms with van der Waals surface area (Å²) in [5, 5.41) is -0.178. The molecule has 0 aliphatic carbocycles. The van der Waals surface area contributed by atoms with Gasteiger partial charge in [0.1, 0.15) is 11.3 Å². The molecule has 0 unspecified atom stereocenters. The molecule has 2 heteroatoms. The predicted molar refractivity (Wildman–Crippen MR) is 192 cm³/mol. The summed E-state index contributed by atoms with van der Waals surface area (Å²) in [7, 11) is 0. The van der Waals surface area contributed by atoms with Gasteiger partial charge in [-0.2, -0.15) is 0 Å². The Labute approximate surface area is 285 Å². The molecule has 46 heavy (non-hydrogen) atoms. The normalized spacial score (nSPS) is 16.5. The van der Waals surface area contributed by atoms with Crippen LogP contribution in [0.5, 0.6) is 0 Å². The Balaban J connectivity index is 1.53. The summed E-state index contributed by atoms with van der Waals surface area (Å²) in [5.41, 5.74) is 0.895. The Morgan fingerprint density at radius 1 is 0.391 bits per heavy atom. The second-order valence-corrected chi connectivity index (χ2v) is 10.8. The molecule has 0 bridgehead atoms. The van der Waals surface area contributed by atoms with Gasteiger partial charge in [-0.3, -0.25) is 0 Å². The number of hydrogen-bond acceptors (Lipinski definition) is 2. The Bertz CT molecular complexity index is 3570. The lowest BCUT2D eigenvalue weighted by atomic mass is 9.84. The highest BCUT2D eigenvalue weighted by atomic mass is 16.4. The zero-order valence-electron chi connectivity index (χ0n) is 38.7. The lowest BCUT2D eigenvalue weighted by Crippen LogP contribution is -1.91. The summed E-state index contributed by atoms with van der Waals surface area (Å²) in [4.78, 5) is 0. The first-order valence-electron chi connectivity index (χ1n) is 22.0. The predicted octanol–water partition coefficient (Wildman–Crippen LogP) is 12.8. The van der Waals surface area contributed by atoms with Gasteiger partial charge in [0.05, 0.1) is 20.6 Å². The van der Waals surface area contributed by atoms with E-state index in [0.29, 0.717) is 27.5 Å². The molecule has 0 saturated heterocycles. The molecule has 0 atom stereocenters. The summed E-state index contributed by atoms with van der Waals surface area (Å²) < 4.78 is 149. The lowest BCUT2D eigenvalue weighted by molar-refractivity contribution is 0.612. The van der Waals surface area contributed by atoms with E-state index >= 15 is 0 Å². The van der Waals surface area contributed by atoms with Crippen LogP contribution in [-0.2, 0) is 0 Å². The SMILES string of the molecule is [2H]c1c([2H])c([2H])c2c([2H])c(-c3c4c([2H])c([2H])c([2H])c([2H])c4c(-c4c(-c5ccccc5)oc5c4ccc4c6ccccc6oc45)c4c([2H])c([2H])c([2H])c([2H])c34)c([2H])c([2H])c2c1[2H]. The minimum Gasteiger partial charge on any atom is -0.452 e. The average molecular weight is 602 g/mol. The van der Waals surface area contributed by atoms with Crippen LogP contribution in [0.2, 0.25) is 0 Å². The summed E-state index contributed by atoms with van der Waals surface area (Å²) in [5.74, 6) is 0.177. The standard InChI is InChI=1S/C44H26O2/c1-2-13-28(14-3-1)42-41(37-25-24-36-31-16-10-11-21-38(31)45-43(36)44(37)46-42)40-34-19-8-6-17-32(34)39(33-18-7-9-20-35(33)40)30-23-22-27-12-4-5-15-29(27)26-30/h1-26H/i4D,5D,6D,7D,8D,9D,12D,15D,17D,18D,19D,20D,22D,23D,26D. The average Bonchev–Trinajstić information content (AvgIpc) is 3.84. The highest BCUT2D eigenvalue weighted by molar-refractivity contribution is 6.27. The maximum absolute atomic E-state index is 9.54. The van der Waals surface area contributed by atoms with Crippen molar-refractivity contribution in [2.75, 3.05) is 0 Å². The van der Waals surface area contributed by atoms with Gasteiger partial charge in [0.25, 0.3) is 0 Å². The van der Waals surface area contributed by atoms with Crippen LogP contribution >= 0.6 is 0 Å². The molecule has 0 fully saturated rings. The summed E-state index contributed by atoms with van der Waals surface area (Å²) in [6.45, 7) is 0. The molecule has 2 nitrogen and oxygen atoms in total.